The first kappa shape index (κ1) is 10.5. The predicted octanol–water partition coefficient (Wildman–Crippen LogP) is 2.38. The van der Waals surface area contributed by atoms with Crippen LogP contribution in [0.1, 0.15) is 6.92 Å². The molecule has 1 atom stereocenters. The quantitative estimate of drug-likeness (QED) is 0.860. The zero-order valence-corrected chi connectivity index (χ0v) is 8.81. The van der Waals surface area contributed by atoms with E-state index in [2.05, 4.69) is 21.2 Å². The maximum atomic E-state index is 13.2. The summed E-state index contributed by atoms with van der Waals surface area (Å²) >= 11 is 3.16. The van der Waals surface area contributed by atoms with Crippen LogP contribution in [0.5, 0.6) is 0 Å². The maximum Gasteiger partial charge on any atom is 0.147 e. The van der Waals surface area contributed by atoms with E-state index in [0.29, 0.717) is 10.2 Å². The van der Waals surface area contributed by atoms with Crippen LogP contribution < -0.4 is 5.32 Å². The Morgan fingerprint density at radius 2 is 2.31 bits per heavy atom. The van der Waals surface area contributed by atoms with Crippen LogP contribution in [0.2, 0.25) is 0 Å². The van der Waals surface area contributed by atoms with Gasteiger partial charge in [-0.3, -0.25) is 0 Å². The Bertz CT molecular complexity index is 293. The standard InChI is InChI=1S/C9H11BrFNO/c1-6(5-13)12-9-3-2-7(10)4-8(9)11/h2-4,6,12-13H,5H2,1H3. The Kier molecular flexibility index (Phi) is 3.69. The lowest BCUT2D eigenvalue weighted by Crippen LogP contribution is -2.19. The summed E-state index contributed by atoms with van der Waals surface area (Å²) in [6.07, 6.45) is 0. The van der Waals surface area contributed by atoms with Gasteiger partial charge in [0.2, 0.25) is 0 Å². The summed E-state index contributed by atoms with van der Waals surface area (Å²) in [4.78, 5) is 0. The Labute approximate surface area is 84.9 Å². The van der Waals surface area contributed by atoms with E-state index in [9.17, 15) is 4.39 Å². The van der Waals surface area contributed by atoms with Crippen LogP contribution in [0, 0.1) is 5.82 Å². The molecule has 13 heavy (non-hydrogen) atoms. The van der Waals surface area contributed by atoms with Crippen molar-refractivity contribution >= 4 is 21.6 Å². The Hall–Kier alpha value is -0.610. The molecule has 2 nitrogen and oxygen atoms in total. The highest BCUT2D eigenvalue weighted by Gasteiger charge is 2.05. The number of rotatable bonds is 3. The molecule has 0 saturated carbocycles. The lowest BCUT2D eigenvalue weighted by molar-refractivity contribution is 0.281. The highest BCUT2D eigenvalue weighted by Crippen LogP contribution is 2.19. The molecule has 0 aliphatic heterocycles. The molecule has 0 heterocycles. The highest BCUT2D eigenvalue weighted by molar-refractivity contribution is 9.10. The first-order chi connectivity index (χ1) is 6.13. The first-order valence-electron chi connectivity index (χ1n) is 3.96. The molecule has 0 radical (unpaired) electrons. The van der Waals surface area contributed by atoms with E-state index in [-0.39, 0.29) is 18.5 Å². The van der Waals surface area contributed by atoms with Gasteiger partial charge in [0.25, 0.3) is 0 Å². The third-order valence-corrected chi connectivity index (χ3v) is 2.10. The van der Waals surface area contributed by atoms with Crippen LogP contribution in [-0.2, 0) is 0 Å². The summed E-state index contributed by atoms with van der Waals surface area (Å²) in [5.74, 6) is -0.324. The summed E-state index contributed by atoms with van der Waals surface area (Å²) in [6, 6.07) is 4.61. The molecule has 0 aliphatic carbocycles. The molecular formula is C9H11BrFNO. The summed E-state index contributed by atoms with van der Waals surface area (Å²) in [6.45, 7) is 1.76. The molecule has 0 saturated heterocycles. The molecule has 1 unspecified atom stereocenters. The van der Waals surface area contributed by atoms with Gasteiger partial charge in [0.15, 0.2) is 0 Å². The summed E-state index contributed by atoms with van der Waals surface area (Å²) < 4.78 is 13.9. The third-order valence-electron chi connectivity index (χ3n) is 1.61. The lowest BCUT2D eigenvalue weighted by Gasteiger charge is -2.12. The molecule has 1 rings (SSSR count). The van der Waals surface area contributed by atoms with Crippen molar-refractivity contribution < 1.29 is 9.50 Å². The minimum atomic E-state index is -0.324. The number of aliphatic hydroxyl groups excluding tert-OH is 1. The van der Waals surface area contributed by atoms with Crippen molar-refractivity contribution in [3.8, 4) is 0 Å². The molecule has 1 aromatic rings. The molecule has 4 heteroatoms. The Balaban J connectivity index is 2.77. The fourth-order valence-electron chi connectivity index (χ4n) is 0.918. The van der Waals surface area contributed by atoms with E-state index in [1.807, 2.05) is 0 Å². The van der Waals surface area contributed by atoms with Gasteiger partial charge in [0.1, 0.15) is 5.82 Å². The van der Waals surface area contributed by atoms with Crippen molar-refractivity contribution in [2.24, 2.45) is 0 Å². The number of hydrogen-bond donors (Lipinski definition) is 2. The minimum absolute atomic E-state index is 0.0183. The molecule has 1 aromatic carbocycles. The van der Waals surface area contributed by atoms with Gasteiger partial charge in [-0.15, -0.1) is 0 Å². The van der Waals surface area contributed by atoms with Gasteiger partial charge in [0.05, 0.1) is 12.3 Å². The first-order valence-corrected chi connectivity index (χ1v) is 4.75. The second-order valence-electron chi connectivity index (χ2n) is 2.85. The van der Waals surface area contributed by atoms with Gasteiger partial charge in [-0.1, -0.05) is 15.9 Å². The molecular weight excluding hydrogens is 237 g/mol. The molecule has 0 bridgehead atoms. The topological polar surface area (TPSA) is 32.3 Å². The fourth-order valence-corrected chi connectivity index (χ4v) is 1.25. The van der Waals surface area contributed by atoms with Crippen LogP contribution in [-0.4, -0.2) is 17.8 Å². The van der Waals surface area contributed by atoms with Crippen molar-refractivity contribution in [3.05, 3.63) is 28.5 Å². The van der Waals surface area contributed by atoms with E-state index in [4.69, 9.17) is 5.11 Å². The Morgan fingerprint density at radius 3 is 2.85 bits per heavy atom. The van der Waals surface area contributed by atoms with E-state index < -0.39 is 0 Å². The monoisotopic (exact) mass is 247 g/mol. The summed E-state index contributed by atoms with van der Waals surface area (Å²) in [5.41, 5.74) is 0.407. The van der Waals surface area contributed by atoms with Crippen molar-refractivity contribution in [1.29, 1.82) is 0 Å². The van der Waals surface area contributed by atoms with Crippen LogP contribution in [0.4, 0.5) is 10.1 Å². The van der Waals surface area contributed by atoms with Crippen molar-refractivity contribution in [3.63, 3.8) is 0 Å². The third kappa shape index (κ3) is 2.97. The van der Waals surface area contributed by atoms with Crippen molar-refractivity contribution in [1.82, 2.24) is 0 Å². The fraction of sp³-hybridized carbons (Fsp3) is 0.333. The molecule has 0 amide bonds. The Morgan fingerprint density at radius 1 is 1.62 bits per heavy atom. The van der Waals surface area contributed by atoms with Crippen molar-refractivity contribution in [2.75, 3.05) is 11.9 Å². The largest absolute Gasteiger partial charge is 0.394 e. The average molecular weight is 248 g/mol. The van der Waals surface area contributed by atoms with E-state index in [1.165, 1.54) is 6.07 Å². The normalized spacial score (nSPS) is 12.6. The van der Waals surface area contributed by atoms with Crippen LogP contribution in [0.15, 0.2) is 22.7 Å². The average Bonchev–Trinajstić information content (AvgIpc) is 2.09. The number of aliphatic hydroxyl groups is 1. The second-order valence-corrected chi connectivity index (χ2v) is 3.77. The molecule has 0 aromatic heterocycles. The molecule has 2 N–H and O–H groups in total. The number of benzene rings is 1. The molecule has 0 fully saturated rings. The smallest absolute Gasteiger partial charge is 0.147 e. The lowest BCUT2D eigenvalue weighted by atomic mass is 10.2. The zero-order chi connectivity index (χ0) is 9.84. The summed E-state index contributed by atoms with van der Waals surface area (Å²) in [5, 5.41) is 11.6. The maximum absolute atomic E-state index is 13.2. The second kappa shape index (κ2) is 4.58. The van der Waals surface area contributed by atoms with E-state index in [0.717, 1.165) is 0 Å². The highest BCUT2D eigenvalue weighted by atomic mass is 79.9. The predicted molar refractivity (Wildman–Crippen MR) is 54.3 cm³/mol. The number of nitrogens with one attached hydrogen (secondary N) is 1. The number of hydrogen-bond acceptors (Lipinski definition) is 2. The van der Waals surface area contributed by atoms with E-state index in [1.54, 1.807) is 19.1 Å². The molecule has 72 valence electrons. The number of halogens is 2. The zero-order valence-electron chi connectivity index (χ0n) is 7.22. The van der Waals surface area contributed by atoms with Gasteiger partial charge >= 0.3 is 0 Å². The van der Waals surface area contributed by atoms with E-state index >= 15 is 0 Å². The van der Waals surface area contributed by atoms with Gasteiger partial charge in [-0.25, -0.2) is 4.39 Å². The van der Waals surface area contributed by atoms with Gasteiger partial charge in [0, 0.05) is 10.5 Å². The van der Waals surface area contributed by atoms with Crippen molar-refractivity contribution in [2.45, 2.75) is 13.0 Å². The molecule has 0 spiro atoms. The SMILES string of the molecule is CC(CO)Nc1ccc(Br)cc1F. The molecule has 0 aliphatic rings. The number of anilines is 1. The van der Waals surface area contributed by atoms with Crippen LogP contribution >= 0.6 is 15.9 Å². The van der Waals surface area contributed by atoms with Gasteiger partial charge in [-0.2, -0.15) is 0 Å². The van der Waals surface area contributed by atoms with Gasteiger partial charge < -0.3 is 10.4 Å². The summed E-state index contributed by atoms with van der Waals surface area (Å²) in [7, 11) is 0. The van der Waals surface area contributed by atoms with Gasteiger partial charge in [-0.05, 0) is 25.1 Å². The van der Waals surface area contributed by atoms with Crippen LogP contribution in [0.25, 0.3) is 0 Å². The minimum Gasteiger partial charge on any atom is -0.394 e. The van der Waals surface area contributed by atoms with Crippen LogP contribution in [0.3, 0.4) is 0 Å².